The van der Waals surface area contributed by atoms with Crippen LogP contribution in [0.4, 0.5) is 0 Å². The zero-order valence-electron chi connectivity index (χ0n) is 17.9. The molecule has 1 N–H and O–H groups in total. The van der Waals surface area contributed by atoms with Gasteiger partial charge in [0, 0.05) is 6.61 Å². The van der Waals surface area contributed by atoms with Crippen molar-refractivity contribution in [1.29, 1.82) is 0 Å². The summed E-state index contributed by atoms with van der Waals surface area (Å²) >= 11 is 0. The van der Waals surface area contributed by atoms with Crippen molar-refractivity contribution >= 4 is 18.7 Å². The molecule has 28 heavy (non-hydrogen) atoms. The lowest BCUT2D eigenvalue weighted by atomic mass is 9.98. The highest BCUT2D eigenvalue weighted by molar-refractivity contribution is 6.99. The van der Waals surface area contributed by atoms with Gasteiger partial charge in [0.2, 0.25) is 0 Å². The zero-order chi connectivity index (χ0) is 20.6. The molecule has 1 unspecified atom stereocenters. The normalized spacial score (nSPS) is 14.5. The largest absolute Gasteiger partial charge is 0.407 e. The van der Waals surface area contributed by atoms with Crippen LogP contribution in [-0.4, -0.2) is 26.1 Å². The lowest BCUT2D eigenvalue weighted by molar-refractivity contribution is 0.0934. The summed E-state index contributed by atoms with van der Waals surface area (Å²) in [5, 5.41) is 13.0. The fourth-order valence-corrected chi connectivity index (χ4v) is 8.50. The van der Waals surface area contributed by atoms with Gasteiger partial charge in [-0.05, 0) is 40.6 Å². The molecule has 0 aromatic heterocycles. The van der Waals surface area contributed by atoms with E-state index in [4.69, 9.17) is 4.43 Å². The molecule has 2 rings (SSSR count). The van der Waals surface area contributed by atoms with Gasteiger partial charge in [0.15, 0.2) is 0 Å². The van der Waals surface area contributed by atoms with E-state index in [2.05, 4.69) is 94.9 Å². The highest BCUT2D eigenvalue weighted by atomic mass is 28.4. The van der Waals surface area contributed by atoms with Crippen molar-refractivity contribution in [3.8, 4) is 0 Å². The molecule has 0 fully saturated rings. The van der Waals surface area contributed by atoms with Crippen LogP contribution in [0.2, 0.25) is 5.04 Å². The number of aliphatic hydroxyl groups excluding tert-OH is 1. The molecular weight excluding hydrogens is 360 g/mol. The maximum absolute atomic E-state index is 10.4. The Kier molecular flexibility index (Phi) is 8.23. The number of rotatable bonds is 10. The highest BCUT2D eigenvalue weighted by Crippen LogP contribution is 2.37. The van der Waals surface area contributed by atoms with Crippen molar-refractivity contribution in [2.45, 2.75) is 58.1 Å². The minimum absolute atomic E-state index is 0.0135. The molecule has 0 heterocycles. The van der Waals surface area contributed by atoms with Gasteiger partial charge in [0.25, 0.3) is 8.32 Å². The van der Waals surface area contributed by atoms with E-state index in [1.54, 1.807) is 0 Å². The Hall–Kier alpha value is -1.68. The van der Waals surface area contributed by atoms with E-state index in [0.29, 0.717) is 6.61 Å². The maximum atomic E-state index is 10.4. The fourth-order valence-electron chi connectivity index (χ4n) is 3.93. The monoisotopic (exact) mass is 396 g/mol. The molecule has 2 nitrogen and oxygen atoms in total. The van der Waals surface area contributed by atoms with E-state index >= 15 is 0 Å². The first-order valence-electron chi connectivity index (χ1n) is 10.4. The first-order valence-corrected chi connectivity index (χ1v) is 12.3. The Morgan fingerprint density at radius 2 is 1.46 bits per heavy atom. The van der Waals surface area contributed by atoms with Crippen molar-refractivity contribution in [1.82, 2.24) is 0 Å². The molecule has 0 amide bonds. The quantitative estimate of drug-likeness (QED) is 0.456. The molecule has 2 aromatic rings. The van der Waals surface area contributed by atoms with Gasteiger partial charge in [0.1, 0.15) is 0 Å². The average molecular weight is 397 g/mol. The molecule has 0 radical (unpaired) electrons. The Bertz CT molecular complexity index is 667. The van der Waals surface area contributed by atoms with E-state index < -0.39 is 8.32 Å². The van der Waals surface area contributed by atoms with Crippen LogP contribution < -0.4 is 10.4 Å². The predicted octanol–water partition coefficient (Wildman–Crippen LogP) is 4.92. The third-order valence-electron chi connectivity index (χ3n) is 5.63. The summed E-state index contributed by atoms with van der Waals surface area (Å²) in [5.74, 6) is 0.207. The topological polar surface area (TPSA) is 29.5 Å². The van der Waals surface area contributed by atoms with E-state index in [0.717, 1.165) is 19.3 Å². The minimum atomic E-state index is -2.47. The molecule has 0 aliphatic carbocycles. The number of hydrogen-bond donors (Lipinski definition) is 1. The summed E-state index contributed by atoms with van der Waals surface area (Å²) < 4.78 is 6.90. The van der Waals surface area contributed by atoms with Crippen molar-refractivity contribution < 1.29 is 9.53 Å². The van der Waals surface area contributed by atoms with Crippen LogP contribution >= 0.6 is 0 Å². The number of benzene rings is 2. The summed E-state index contributed by atoms with van der Waals surface area (Å²) in [6, 6.07) is 21.4. The predicted molar refractivity (Wildman–Crippen MR) is 123 cm³/mol. The van der Waals surface area contributed by atoms with Crippen molar-refractivity contribution in [3.63, 3.8) is 0 Å². The van der Waals surface area contributed by atoms with E-state index in [1.165, 1.54) is 10.4 Å². The average Bonchev–Trinajstić information content (AvgIpc) is 2.69. The third kappa shape index (κ3) is 5.22. The van der Waals surface area contributed by atoms with Crippen LogP contribution in [0, 0.1) is 5.92 Å². The first kappa shape index (κ1) is 22.6. The second-order valence-corrected chi connectivity index (χ2v) is 13.0. The molecular formula is C25H36O2Si. The Morgan fingerprint density at radius 1 is 0.964 bits per heavy atom. The molecule has 0 saturated heterocycles. The molecule has 0 aliphatic heterocycles. The van der Waals surface area contributed by atoms with Crippen LogP contribution in [-0.2, 0) is 4.43 Å². The Balaban J connectivity index is 2.30. The van der Waals surface area contributed by atoms with Crippen molar-refractivity contribution in [2.24, 2.45) is 5.92 Å². The standard InChI is InChI=1S/C25H36O2Si/c1-6-7-18-24(26)21(2)19-20-27-28(25(3,4)5,22-14-10-8-11-15-22)23-16-12-9-13-17-23/h6,8-17,21,24,26H,1,7,18-20H2,2-5H3/t21-,24?/m1/s1. The van der Waals surface area contributed by atoms with Gasteiger partial charge in [-0.15, -0.1) is 6.58 Å². The lowest BCUT2D eigenvalue weighted by Gasteiger charge is -2.43. The van der Waals surface area contributed by atoms with Crippen LogP contribution in [0.1, 0.15) is 47.0 Å². The van der Waals surface area contributed by atoms with Gasteiger partial charge in [-0.2, -0.15) is 0 Å². The van der Waals surface area contributed by atoms with E-state index in [9.17, 15) is 5.11 Å². The zero-order valence-corrected chi connectivity index (χ0v) is 18.9. The smallest absolute Gasteiger partial charge is 0.261 e. The summed E-state index contributed by atoms with van der Waals surface area (Å²) in [4.78, 5) is 0. The minimum Gasteiger partial charge on any atom is -0.407 e. The summed E-state index contributed by atoms with van der Waals surface area (Å²) in [5.41, 5.74) is 0. The van der Waals surface area contributed by atoms with Gasteiger partial charge >= 0.3 is 0 Å². The number of aliphatic hydroxyl groups is 1. The molecule has 0 spiro atoms. The number of allylic oxidation sites excluding steroid dienone is 1. The second-order valence-electron chi connectivity index (χ2n) is 8.71. The number of hydrogen-bond acceptors (Lipinski definition) is 2. The van der Waals surface area contributed by atoms with Gasteiger partial charge < -0.3 is 9.53 Å². The van der Waals surface area contributed by atoms with Crippen LogP contribution in [0.25, 0.3) is 0 Å². The van der Waals surface area contributed by atoms with Gasteiger partial charge in [-0.3, -0.25) is 0 Å². The van der Waals surface area contributed by atoms with Crippen LogP contribution in [0.15, 0.2) is 73.3 Å². The van der Waals surface area contributed by atoms with Gasteiger partial charge in [0.05, 0.1) is 6.10 Å². The van der Waals surface area contributed by atoms with Crippen molar-refractivity contribution in [2.75, 3.05) is 6.61 Å². The SMILES string of the molecule is C=CCCC(O)[C@H](C)CCO[Si](c1ccccc1)(c1ccccc1)C(C)(C)C. The molecule has 3 heteroatoms. The van der Waals surface area contributed by atoms with Crippen LogP contribution in [0.5, 0.6) is 0 Å². The Labute approximate surface area is 172 Å². The highest BCUT2D eigenvalue weighted by Gasteiger charge is 2.50. The molecule has 0 aliphatic rings. The molecule has 0 bridgehead atoms. The molecule has 152 valence electrons. The lowest BCUT2D eigenvalue weighted by Crippen LogP contribution is -2.66. The molecule has 2 aromatic carbocycles. The second kappa shape index (κ2) is 10.2. The van der Waals surface area contributed by atoms with E-state index in [-0.39, 0.29) is 17.1 Å². The van der Waals surface area contributed by atoms with Gasteiger partial charge in [-0.1, -0.05) is 94.4 Å². The third-order valence-corrected chi connectivity index (χ3v) is 10.7. The first-order chi connectivity index (χ1) is 13.3. The van der Waals surface area contributed by atoms with Crippen LogP contribution in [0.3, 0.4) is 0 Å². The summed E-state index contributed by atoms with van der Waals surface area (Å²) in [7, 11) is -2.47. The maximum Gasteiger partial charge on any atom is 0.261 e. The summed E-state index contributed by atoms with van der Waals surface area (Å²) in [6.45, 7) is 13.4. The van der Waals surface area contributed by atoms with Gasteiger partial charge in [-0.25, -0.2) is 0 Å². The van der Waals surface area contributed by atoms with Crippen molar-refractivity contribution in [3.05, 3.63) is 73.3 Å². The van der Waals surface area contributed by atoms with E-state index in [1.807, 2.05) is 6.08 Å². The molecule has 2 atom stereocenters. The summed E-state index contributed by atoms with van der Waals surface area (Å²) in [6.07, 6.45) is 4.03. The fraction of sp³-hybridized carbons (Fsp3) is 0.440. The Morgan fingerprint density at radius 3 is 1.89 bits per heavy atom. The molecule has 0 saturated carbocycles.